The standard InChI is InChI=1S/C11H24N2O4S/c1-5-7-13(8-6-2)18(16,17)12-10(9(3)4)11(14)15/h9-10,12H,5-8H2,1-4H3,(H,14,15)/t10-/m1/s1. The van der Waals surface area contributed by atoms with Crippen LogP contribution in [0.5, 0.6) is 0 Å². The van der Waals surface area contributed by atoms with Crippen molar-refractivity contribution in [1.82, 2.24) is 9.03 Å². The molecule has 108 valence electrons. The molecule has 0 aliphatic heterocycles. The van der Waals surface area contributed by atoms with Crippen LogP contribution in [-0.4, -0.2) is 42.9 Å². The van der Waals surface area contributed by atoms with Gasteiger partial charge in [-0.05, 0) is 18.8 Å². The van der Waals surface area contributed by atoms with Gasteiger partial charge in [-0.15, -0.1) is 0 Å². The Bertz CT molecular complexity index is 348. The second-order valence-corrected chi connectivity index (χ2v) is 6.28. The topological polar surface area (TPSA) is 86.7 Å². The van der Waals surface area contributed by atoms with Crippen molar-refractivity contribution in [2.45, 2.75) is 46.6 Å². The van der Waals surface area contributed by atoms with E-state index in [-0.39, 0.29) is 5.92 Å². The fourth-order valence-corrected chi connectivity index (χ4v) is 3.25. The molecule has 2 N–H and O–H groups in total. The number of carbonyl (C=O) groups is 1. The number of nitrogens with one attached hydrogen (secondary N) is 1. The summed E-state index contributed by atoms with van der Waals surface area (Å²) in [5.41, 5.74) is 0. The molecule has 0 spiro atoms. The molecule has 0 rings (SSSR count). The van der Waals surface area contributed by atoms with Crippen molar-refractivity contribution in [1.29, 1.82) is 0 Å². The molecule has 0 saturated carbocycles. The Labute approximate surface area is 110 Å². The van der Waals surface area contributed by atoms with Gasteiger partial charge in [0.2, 0.25) is 0 Å². The van der Waals surface area contributed by atoms with E-state index in [0.29, 0.717) is 25.9 Å². The van der Waals surface area contributed by atoms with E-state index in [2.05, 4.69) is 4.72 Å². The third kappa shape index (κ3) is 5.32. The summed E-state index contributed by atoms with van der Waals surface area (Å²) >= 11 is 0. The first kappa shape index (κ1) is 17.3. The molecular formula is C11H24N2O4S. The van der Waals surface area contributed by atoms with Gasteiger partial charge in [-0.1, -0.05) is 27.7 Å². The minimum Gasteiger partial charge on any atom is -0.480 e. The summed E-state index contributed by atoms with van der Waals surface area (Å²) in [7, 11) is -3.73. The Balaban J connectivity index is 4.93. The minimum atomic E-state index is -3.73. The highest BCUT2D eigenvalue weighted by Gasteiger charge is 2.30. The first-order valence-electron chi connectivity index (χ1n) is 6.26. The molecule has 6 nitrogen and oxygen atoms in total. The van der Waals surface area contributed by atoms with Crippen LogP contribution in [0.25, 0.3) is 0 Å². The Morgan fingerprint density at radius 2 is 1.67 bits per heavy atom. The fraction of sp³-hybridized carbons (Fsp3) is 0.909. The van der Waals surface area contributed by atoms with Crippen LogP contribution in [0.1, 0.15) is 40.5 Å². The lowest BCUT2D eigenvalue weighted by Gasteiger charge is -2.25. The van der Waals surface area contributed by atoms with Crippen molar-refractivity contribution in [3.63, 3.8) is 0 Å². The van der Waals surface area contributed by atoms with Crippen LogP contribution >= 0.6 is 0 Å². The van der Waals surface area contributed by atoms with Crippen molar-refractivity contribution >= 4 is 16.2 Å². The quantitative estimate of drug-likeness (QED) is 0.661. The molecule has 1 atom stereocenters. The van der Waals surface area contributed by atoms with E-state index in [4.69, 9.17) is 5.11 Å². The summed E-state index contributed by atoms with van der Waals surface area (Å²) in [5.74, 6) is -1.45. The van der Waals surface area contributed by atoms with E-state index in [1.54, 1.807) is 13.8 Å². The number of carboxylic acid groups (broad SMARTS) is 1. The highest BCUT2D eigenvalue weighted by atomic mass is 32.2. The number of carboxylic acids is 1. The number of hydrogen-bond acceptors (Lipinski definition) is 3. The lowest BCUT2D eigenvalue weighted by Crippen LogP contribution is -2.50. The molecule has 0 unspecified atom stereocenters. The van der Waals surface area contributed by atoms with Gasteiger partial charge in [-0.25, -0.2) is 0 Å². The normalized spacial score (nSPS) is 14.1. The maximum Gasteiger partial charge on any atom is 0.322 e. The maximum absolute atomic E-state index is 12.1. The number of rotatable bonds is 9. The van der Waals surface area contributed by atoms with Crippen LogP contribution in [0.2, 0.25) is 0 Å². The Morgan fingerprint density at radius 3 is 1.94 bits per heavy atom. The molecule has 0 amide bonds. The van der Waals surface area contributed by atoms with Gasteiger partial charge in [0.15, 0.2) is 0 Å². The number of hydrogen-bond donors (Lipinski definition) is 2. The van der Waals surface area contributed by atoms with Gasteiger partial charge in [0, 0.05) is 13.1 Å². The van der Waals surface area contributed by atoms with Gasteiger partial charge >= 0.3 is 5.97 Å². The van der Waals surface area contributed by atoms with Crippen molar-refractivity contribution in [2.75, 3.05) is 13.1 Å². The Hall–Kier alpha value is -0.660. The van der Waals surface area contributed by atoms with Crippen LogP contribution < -0.4 is 4.72 Å². The smallest absolute Gasteiger partial charge is 0.322 e. The van der Waals surface area contributed by atoms with Crippen LogP contribution in [0, 0.1) is 5.92 Å². The van der Waals surface area contributed by atoms with Crippen molar-refractivity contribution < 1.29 is 18.3 Å². The molecule has 7 heteroatoms. The summed E-state index contributed by atoms with van der Waals surface area (Å²) in [4.78, 5) is 11.0. The van der Waals surface area contributed by atoms with Crippen LogP contribution in [0.3, 0.4) is 0 Å². The van der Waals surface area contributed by atoms with Crippen LogP contribution in [0.4, 0.5) is 0 Å². The zero-order valence-electron chi connectivity index (χ0n) is 11.5. The van der Waals surface area contributed by atoms with E-state index in [1.807, 2.05) is 13.8 Å². The van der Waals surface area contributed by atoms with E-state index < -0.39 is 22.2 Å². The summed E-state index contributed by atoms with van der Waals surface area (Å²) in [6.45, 7) is 7.91. The summed E-state index contributed by atoms with van der Waals surface area (Å²) in [6, 6.07) is -1.09. The molecule has 0 aliphatic carbocycles. The molecule has 0 saturated heterocycles. The zero-order chi connectivity index (χ0) is 14.3. The first-order chi connectivity index (χ1) is 8.26. The molecule has 0 aromatic heterocycles. The fourth-order valence-electron chi connectivity index (χ4n) is 1.56. The first-order valence-corrected chi connectivity index (χ1v) is 7.70. The van der Waals surface area contributed by atoms with Crippen molar-refractivity contribution in [2.24, 2.45) is 5.92 Å². The summed E-state index contributed by atoms with van der Waals surface area (Å²) in [6.07, 6.45) is 1.39. The third-order valence-corrected chi connectivity index (χ3v) is 4.09. The monoisotopic (exact) mass is 280 g/mol. The van der Waals surface area contributed by atoms with Gasteiger partial charge in [0.05, 0.1) is 0 Å². The predicted octanol–water partition coefficient (Wildman–Crippen LogP) is 1.05. The SMILES string of the molecule is CCCN(CCC)S(=O)(=O)N[C@@H](C(=O)O)C(C)C. The lowest BCUT2D eigenvalue weighted by molar-refractivity contribution is -0.140. The molecule has 0 bridgehead atoms. The Kier molecular flexibility index (Phi) is 7.42. The average molecular weight is 280 g/mol. The van der Waals surface area contributed by atoms with E-state index >= 15 is 0 Å². The molecule has 0 aliphatic rings. The molecular weight excluding hydrogens is 256 g/mol. The number of nitrogens with zero attached hydrogens (tertiary/aromatic N) is 1. The minimum absolute atomic E-state index is 0.303. The van der Waals surface area contributed by atoms with Gasteiger partial charge in [-0.3, -0.25) is 4.79 Å². The zero-order valence-corrected chi connectivity index (χ0v) is 12.3. The number of aliphatic carboxylic acids is 1. The average Bonchev–Trinajstić information content (AvgIpc) is 2.25. The second kappa shape index (κ2) is 7.70. The van der Waals surface area contributed by atoms with Gasteiger partial charge in [-0.2, -0.15) is 17.4 Å². The Morgan fingerprint density at radius 1 is 1.22 bits per heavy atom. The highest BCUT2D eigenvalue weighted by Crippen LogP contribution is 2.08. The molecule has 0 radical (unpaired) electrons. The van der Waals surface area contributed by atoms with Gasteiger partial charge in [0.1, 0.15) is 6.04 Å². The second-order valence-electron chi connectivity index (χ2n) is 4.58. The molecule has 18 heavy (non-hydrogen) atoms. The largest absolute Gasteiger partial charge is 0.480 e. The van der Waals surface area contributed by atoms with Crippen molar-refractivity contribution in [3.8, 4) is 0 Å². The molecule has 0 aromatic rings. The van der Waals surface area contributed by atoms with Crippen LogP contribution in [-0.2, 0) is 15.0 Å². The van der Waals surface area contributed by atoms with Crippen LogP contribution in [0.15, 0.2) is 0 Å². The molecule has 0 aromatic carbocycles. The maximum atomic E-state index is 12.1. The van der Waals surface area contributed by atoms with E-state index in [0.717, 1.165) is 0 Å². The molecule has 0 heterocycles. The van der Waals surface area contributed by atoms with Crippen molar-refractivity contribution in [3.05, 3.63) is 0 Å². The van der Waals surface area contributed by atoms with Gasteiger partial charge in [0.25, 0.3) is 10.2 Å². The highest BCUT2D eigenvalue weighted by molar-refractivity contribution is 7.87. The third-order valence-electron chi connectivity index (χ3n) is 2.49. The lowest BCUT2D eigenvalue weighted by atomic mass is 10.1. The van der Waals surface area contributed by atoms with E-state index in [9.17, 15) is 13.2 Å². The van der Waals surface area contributed by atoms with Gasteiger partial charge < -0.3 is 5.11 Å². The summed E-state index contributed by atoms with van der Waals surface area (Å²) in [5, 5.41) is 9.00. The summed E-state index contributed by atoms with van der Waals surface area (Å²) < 4.78 is 27.7. The predicted molar refractivity (Wildman–Crippen MR) is 70.5 cm³/mol. The van der Waals surface area contributed by atoms with E-state index in [1.165, 1.54) is 4.31 Å². The molecule has 0 fully saturated rings.